The molecule has 0 unspecified atom stereocenters. The van der Waals surface area contributed by atoms with Crippen molar-refractivity contribution in [3.8, 4) is 0 Å². The molecule has 0 saturated carbocycles. The van der Waals surface area contributed by atoms with Gasteiger partial charge in [0.25, 0.3) is 0 Å². The Balaban J connectivity index is 2.08. The maximum atomic E-state index is 13.1. The molecule has 0 aliphatic heterocycles. The number of rotatable bonds is 7. The summed E-state index contributed by atoms with van der Waals surface area (Å²) in [4.78, 5) is 26.5. The molecule has 6 heteroatoms. The molecule has 1 atom stereocenters. The maximum Gasteiger partial charge on any atom is 0.242 e. The molecule has 1 aromatic heterocycles. The van der Waals surface area contributed by atoms with E-state index in [2.05, 4.69) is 5.32 Å². The lowest BCUT2D eigenvalue weighted by Crippen LogP contribution is -2.48. The largest absolute Gasteiger partial charge is 0.467 e. The summed E-state index contributed by atoms with van der Waals surface area (Å²) in [7, 11) is 0. The third-order valence-corrected chi connectivity index (χ3v) is 3.91. The Labute approximate surface area is 146 Å². The molecule has 0 spiro atoms. The molecule has 1 N–H and O–H groups in total. The van der Waals surface area contributed by atoms with E-state index in [9.17, 15) is 14.0 Å². The van der Waals surface area contributed by atoms with Crippen molar-refractivity contribution < 1.29 is 18.4 Å². The van der Waals surface area contributed by atoms with Crippen LogP contribution < -0.4 is 5.32 Å². The fourth-order valence-corrected chi connectivity index (χ4v) is 2.40. The Bertz CT molecular complexity index is 696. The van der Waals surface area contributed by atoms with Crippen molar-refractivity contribution >= 4 is 11.8 Å². The van der Waals surface area contributed by atoms with E-state index in [0.717, 1.165) is 5.56 Å². The zero-order valence-corrected chi connectivity index (χ0v) is 14.7. The Hall–Kier alpha value is -2.63. The molecule has 1 aromatic carbocycles. The predicted octanol–water partition coefficient (Wildman–Crippen LogP) is 3.11. The van der Waals surface area contributed by atoms with Gasteiger partial charge in [0.2, 0.25) is 11.8 Å². The van der Waals surface area contributed by atoms with Crippen LogP contribution in [0.3, 0.4) is 0 Å². The maximum absolute atomic E-state index is 13.1. The van der Waals surface area contributed by atoms with E-state index in [0.29, 0.717) is 5.76 Å². The van der Waals surface area contributed by atoms with Gasteiger partial charge in [0.1, 0.15) is 17.6 Å². The minimum absolute atomic E-state index is 0.134. The Morgan fingerprint density at radius 3 is 2.40 bits per heavy atom. The lowest BCUT2D eigenvalue weighted by molar-refractivity contribution is -0.143. The fraction of sp³-hybridized carbons (Fsp3) is 0.368. The van der Waals surface area contributed by atoms with Crippen LogP contribution in [0, 0.1) is 11.7 Å². The van der Waals surface area contributed by atoms with E-state index in [-0.39, 0.29) is 36.6 Å². The summed E-state index contributed by atoms with van der Waals surface area (Å²) in [5.74, 6) is -0.353. The van der Waals surface area contributed by atoms with Gasteiger partial charge in [-0.05, 0) is 36.8 Å². The minimum Gasteiger partial charge on any atom is -0.467 e. The van der Waals surface area contributed by atoms with E-state index in [1.165, 1.54) is 23.3 Å². The van der Waals surface area contributed by atoms with Gasteiger partial charge in [-0.25, -0.2) is 4.39 Å². The molecule has 2 aromatic rings. The number of furan rings is 1. The number of benzene rings is 1. The van der Waals surface area contributed by atoms with Crippen LogP contribution in [0.25, 0.3) is 0 Å². The highest BCUT2D eigenvalue weighted by molar-refractivity contribution is 5.88. The van der Waals surface area contributed by atoms with Gasteiger partial charge in [-0.2, -0.15) is 0 Å². The van der Waals surface area contributed by atoms with E-state index in [4.69, 9.17) is 4.42 Å². The SMILES string of the molecule is CC(C)C(=O)N(Cc1ccc(F)cc1)[C@H](C)C(=O)NCc1ccco1. The number of halogens is 1. The molecule has 2 amide bonds. The fourth-order valence-electron chi connectivity index (χ4n) is 2.40. The molecular formula is C19H23FN2O3. The molecule has 1 heterocycles. The molecule has 5 nitrogen and oxygen atoms in total. The molecule has 0 saturated heterocycles. The Kier molecular flexibility index (Phi) is 6.33. The average Bonchev–Trinajstić information content (AvgIpc) is 3.11. The van der Waals surface area contributed by atoms with Crippen LogP contribution in [0.15, 0.2) is 47.1 Å². The highest BCUT2D eigenvalue weighted by atomic mass is 19.1. The van der Waals surface area contributed by atoms with Crippen molar-refractivity contribution in [3.63, 3.8) is 0 Å². The zero-order valence-electron chi connectivity index (χ0n) is 14.7. The Morgan fingerprint density at radius 1 is 1.16 bits per heavy atom. The second-order valence-corrected chi connectivity index (χ2v) is 6.22. The van der Waals surface area contributed by atoms with Crippen LogP contribution in [0.5, 0.6) is 0 Å². The van der Waals surface area contributed by atoms with Crippen LogP contribution in [0.2, 0.25) is 0 Å². The first-order valence-electron chi connectivity index (χ1n) is 8.23. The lowest BCUT2D eigenvalue weighted by Gasteiger charge is -2.30. The van der Waals surface area contributed by atoms with E-state index < -0.39 is 6.04 Å². The summed E-state index contributed by atoms with van der Waals surface area (Å²) in [6.07, 6.45) is 1.54. The van der Waals surface area contributed by atoms with Gasteiger partial charge < -0.3 is 14.6 Å². The molecule has 134 valence electrons. The molecular weight excluding hydrogens is 323 g/mol. The van der Waals surface area contributed by atoms with Crippen molar-refractivity contribution in [2.75, 3.05) is 0 Å². The van der Waals surface area contributed by atoms with E-state index >= 15 is 0 Å². The number of nitrogens with one attached hydrogen (secondary N) is 1. The molecule has 2 rings (SSSR count). The predicted molar refractivity (Wildman–Crippen MR) is 91.8 cm³/mol. The number of hydrogen-bond acceptors (Lipinski definition) is 3. The highest BCUT2D eigenvalue weighted by Gasteiger charge is 2.27. The van der Waals surface area contributed by atoms with Crippen molar-refractivity contribution in [2.24, 2.45) is 5.92 Å². The number of nitrogens with zero attached hydrogens (tertiary/aromatic N) is 1. The molecule has 0 aliphatic rings. The normalized spacial score (nSPS) is 12.0. The number of hydrogen-bond donors (Lipinski definition) is 1. The molecule has 0 aliphatic carbocycles. The minimum atomic E-state index is -0.657. The van der Waals surface area contributed by atoms with Gasteiger partial charge in [-0.1, -0.05) is 26.0 Å². The highest BCUT2D eigenvalue weighted by Crippen LogP contribution is 2.14. The smallest absolute Gasteiger partial charge is 0.242 e. The van der Waals surface area contributed by atoms with Crippen LogP contribution in [-0.4, -0.2) is 22.8 Å². The van der Waals surface area contributed by atoms with Gasteiger partial charge in [-0.3, -0.25) is 9.59 Å². The summed E-state index contributed by atoms with van der Waals surface area (Å²) in [5.41, 5.74) is 0.765. The number of carbonyl (C=O) groups excluding carboxylic acids is 2. The molecule has 0 radical (unpaired) electrons. The molecule has 25 heavy (non-hydrogen) atoms. The van der Waals surface area contributed by atoms with Crippen molar-refractivity contribution in [2.45, 2.75) is 39.9 Å². The van der Waals surface area contributed by atoms with Crippen LogP contribution in [0.4, 0.5) is 4.39 Å². The number of amides is 2. The van der Waals surface area contributed by atoms with E-state index in [1.807, 2.05) is 0 Å². The summed E-state index contributed by atoms with van der Waals surface area (Å²) in [6.45, 7) is 5.76. The second-order valence-electron chi connectivity index (χ2n) is 6.22. The standard InChI is InChI=1S/C19H23FN2O3/c1-13(2)19(24)22(12-15-6-8-16(20)9-7-15)14(3)18(23)21-11-17-5-4-10-25-17/h4-10,13-14H,11-12H2,1-3H3,(H,21,23)/t14-/m1/s1. The van der Waals surface area contributed by atoms with Crippen molar-refractivity contribution in [1.29, 1.82) is 0 Å². The first kappa shape index (κ1) is 18.7. The van der Waals surface area contributed by atoms with Gasteiger partial charge >= 0.3 is 0 Å². The van der Waals surface area contributed by atoms with Crippen molar-refractivity contribution in [1.82, 2.24) is 10.2 Å². The Morgan fingerprint density at radius 2 is 1.84 bits per heavy atom. The van der Waals surface area contributed by atoms with Gasteiger partial charge in [0.15, 0.2) is 0 Å². The summed E-state index contributed by atoms with van der Waals surface area (Å²) < 4.78 is 18.3. The van der Waals surface area contributed by atoms with Gasteiger partial charge in [0.05, 0.1) is 12.8 Å². The molecule has 0 bridgehead atoms. The van der Waals surface area contributed by atoms with E-state index in [1.54, 1.807) is 45.0 Å². The van der Waals surface area contributed by atoms with Gasteiger partial charge in [-0.15, -0.1) is 0 Å². The third kappa shape index (κ3) is 5.17. The topological polar surface area (TPSA) is 62.6 Å². The summed E-state index contributed by atoms with van der Waals surface area (Å²) in [6, 6.07) is 8.76. The monoisotopic (exact) mass is 346 g/mol. The lowest BCUT2D eigenvalue weighted by atomic mass is 10.1. The first-order chi connectivity index (χ1) is 11.9. The number of carbonyl (C=O) groups is 2. The van der Waals surface area contributed by atoms with Crippen LogP contribution in [0.1, 0.15) is 32.1 Å². The quantitative estimate of drug-likeness (QED) is 0.838. The van der Waals surface area contributed by atoms with Gasteiger partial charge in [0, 0.05) is 12.5 Å². The first-order valence-corrected chi connectivity index (χ1v) is 8.23. The molecule has 0 fully saturated rings. The summed E-state index contributed by atoms with van der Waals surface area (Å²) >= 11 is 0. The second kappa shape index (κ2) is 8.46. The van der Waals surface area contributed by atoms with Crippen molar-refractivity contribution in [3.05, 3.63) is 59.8 Å². The van der Waals surface area contributed by atoms with Crippen LogP contribution in [-0.2, 0) is 22.7 Å². The third-order valence-electron chi connectivity index (χ3n) is 3.91. The summed E-state index contributed by atoms with van der Waals surface area (Å²) in [5, 5.41) is 2.77. The zero-order chi connectivity index (χ0) is 18.4. The average molecular weight is 346 g/mol. The van der Waals surface area contributed by atoms with Crippen LogP contribution >= 0.6 is 0 Å².